The number of carbonyl (C=O) groups excluding carboxylic acids is 1. The average molecular weight is 393 g/mol. The summed E-state index contributed by atoms with van der Waals surface area (Å²) in [5, 5.41) is 0. The van der Waals surface area contributed by atoms with Crippen LogP contribution in [0.25, 0.3) is 0 Å². The number of hydrogen-bond donors (Lipinski definition) is 0. The van der Waals surface area contributed by atoms with Crippen molar-refractivity contribution in [3.8, 4) is 5.75 Å². The molecule has 0 unspecified atom stereocenters. The number of aromatic nitrogens is 1. The summed E-state index contributed by atoms with van der Waals surface area (Å²) in [6.07, 6.45) is -2.73. The molecule has 0 N–H and O–H groups in total. The molecule has 1 aliphatic rings. The molecule has 28 heavy (non-hydrogen) atoms. The van der Waals surface area contributed by atoms with Crippen molar-refractivity contribution in [1.82, 2.24) is 9.88 Å². The van der Waals surface area contributed by atoms with Gasteiger partial charge >= 0.3 is 6.18 Å². The van der Waals surface area contributed by atoms with E-state index in [4.69, 9.17) is 4.74 Å². The van der Waals surface area contributed by atoms with Crippen molar-refractivity contribution >= 4 is 11.7 Å². The first-order valence-corrected chi connectivity index (χ1v) is 9.15. The molecule has 1 aromatic heterocycles. The lowest BCUT2D eigenvalue weighted by molar-refractivity contribution is -0.138. The molecule has 1 aliphatic heterocycles. The highest BCUT2D eigenvalue weighted by Crippen LogP contribution is 2.29. The smallest absolute Gasteiger partial charge is 0.417 e. The molecule has 0 radical (unpaired) electrons. The topological polar surface area (TPSA) is 45.7 Å². The van der Waals surface area contributed by atoms with Crippen molar-refractivity contribution in [2.24, 2.45) is 0 Å². The van der Waals surface area contributed by atoms with Crippen LogP contribution in [0, 0.1) is 0 Å². The SMILES string of the molecule is CCc1ccccc1OCC(=O)N1CCN(c2ccc(C(F)(F)F)cn2)CC1. The molecule has 0 atom stereocenters. The van der Waals surface area contributed by atoms with Gasteiger partial charge in [0.15, 0.2) is 6.61 Å². The van der Waals surface area contributed by atoms with Crippen LogP contribution >= 0.6 is 0 Å². The third-order valence-corrected chi connectivity index (χ3v) is 4.74. The van der Waals surface area contributed by atoms with E-state index in [0.29, 0.717) is 37.7 Å². The number of piperazine rings is 1. The molecule has 1 fully saturated rings. The van der Waals surface area contributed by atoms with Crippen molar-refractivity contribution in [2.45, 2.75) is 19.5 Å². The maximum Gasteiger partial charge on any atom is 0.417 e. The number of aryl methyl sites for hydroxylation is 1. The number of pyridine rings is 1. The molecule has 150 valence electrons. The second kappa shape index (κ2) is 8.50. The number of rotatable bonds is 5. The molecule has 5 nitrogen and oxygen atoms in total. The largest absolute Gasteiger partial charge is 0.483 e. The van der Waals surface area contributed by atoms with Crippen molar-refractivity contribution < 1.29 is 22.7 Å². The molecule has 0 spiro atoms. The minimum atomic E-state index is -4.40. The first-order valence-electron chi connectivity index (χ1n) is 9.15. The number of alkyl halides is 3. The molecule has 1 amide bonds. The molecule has 2 heterocycles. The second-order valence-corrected chi connectivity index (χ2v) is 6.52. The van der Waals surface area contributed by atoms with Crippen LogP contribution in [0.4, 0.5) is 19.0 Å². The fraction of sp³-hybridized carbons (Fsp3) is 0.400. The van der Waals surface area contributed by atoms with E-state index in [2.05, 4.69) is 4.98 Å². The average Bonchev–Trinajstić information content (AvgIpc) is 2.72. The third kappa shape index (κ3) is 4.74. The molecule has 0 bridgehead atoms. The van der Waals surface area contributed by atoms with E-state index in [9.17, 15) is 18.0 Å². The molecule has 0 saturated carbocycles. The quantitative estimate of drug-likeness (QED) is 0.781. The van der Waals surface area contributed by atoms with Gasteiger partial charge in [-0.25, -0.2) is 4.98 Å². The Bertz CT molecular complexity index is 801. The molecular formula is C20H22F3N3O2. The van der Waals surface area contributed by atoms with Gasteiger partial charge in [0.1, 0.15) is 11.6 Å². The van der Waals surface area contributed by atoms with Crippen molar-refractivity contribution in [3.63, 3.8) is 0 Å². The maximum absolute atomic E-state index is 12.6. The Morgan fingerprint density at radius 2 is 1.82 bits per heavy atom. The lowest BCUT2D eigenvalue weighted by Gasteiger charge is -2.35. The molecule has 1 aromatic carbocycles. The summed E-state index contributed by atoms with van der Waals surface area (Å²) in [6, 6.07) is 10.0. The number of benzene rings is 1. The van der Waals surface area contributed by atoms with E-state index in [1.165, 1.54) is 6.07 Å². The fourth-order valence-electron chi connectivity index (χ4n) is 3.09. The van der Waals surface area contributed by atoms with Crippen LogP contribution in [0.2, 0.25) is 0 Å². The summed E-state index contributed by atoms with van der Waals surface area (Å²) in [5.74, 6) is 1.09. The van der Waals surface area contributed by atoms with Crippen LogP contribution in [-0.4, -0.2) is 48.6 Å². The molecule has 8 heteroatoms. The standard InChI is InChI=1S/C20H22F3N3O2/c1-2-15-5-3-4-6-17(15)28-14-19(27)26-11-9-25(10-12-26)18-8-7-16(13-24-18)20(21,22)23/h3-8,13H,2,9-12,14H2,1H3. The first-order chi connectivity index (χ1) is 13.4. The number of carbonyl (C=O) groups is 1. The van der Waals surface area contributed by atoms with Gasteiger partial charge in [0.25, 0.3) is 5.91 Å². The number of para-hydroxylation sites is 1. The Morgan fingerprint density at radius 1 is 1.11 bits per heavy atom. The molecule has 3 rings (SSSR count). The van der Waals surface area contributed by atoms with E-state index in [-0.39, 0.29) is 12.5 Å². The molecule has 1 saturated heterocycles. The maximum atomic E-state index is 12.6. The second-order valence-electron chi connectivity index (χ2n) is 6.52. The monoisotopic (exact) mass is 393 g/mol. The highest BCUT2D eigenvalue weighted by molar-refractivity contribution is 5.78. The third-order valence-electron chi connectivity index (χ3n) is 4.74. The molecule has 2 aromatic rings. The summed E-state index contributed by atoms with van der Waals surface area (Å²) in [6.45, 7) is 3.96. The van der Waals surface area contributed by atoms with Crippen LogP contribution in [0.1, 0.15) is 18.1 Å². The van der Waals surface area contributed by atoms with Gasteiger partial charge in [0.05, 0.1) is 5.56 Å². The van der Waals surface area contributed by atoms with E-state index in [1.54, 1.807) is 4.90 Å². The van der Waals surface area contributed by atoms with Gasteiger partial charge in [-0.05, 0) is 30.2 Å². The number of anilines is 1. The van der Waals surface area contributed by atoms with Gasteiger partial charge in [-0.2, -0.15) is 13.2 Å². The van der Waals surface area contributed by atoms with Gasteiger partial charge in [-0.1, -0.05) is 25.1 Å². The van der Waals surface area contributed by atoms with Crippen LogP contribution in [0.3, 0.4) is 0 Å². The number of amides is 1. The van der Waals surface area contributed by atoms with Crippen LogP contribution in [0.5, 0.6) is 5.75 Å². The Kier molecular flexibility index (Phi) is 6.06. The zero-order valence-corrected chi connectivity index (χ0v) is 15.6. The van der Waals surface area contributed by atoms with Crippen LogP contribution in [0.15, 0.2) is 42.6 Å². The molecular weight excluding hydrogens is 371 g/mol. The Labute approximate surface area is 161 Å². The zero-order valence-electron chi connectivity index (χ0n) is 15.6. The summed E-state index contributed by atoms with van der Waals surface area (Å²) >= 11 is 0. The predicted molar refractivity (Wildman–Crippen MR) is 99.3 cm³/mol. The Balaban J connectivity index is 1.51. The highest BCUT2D eigenvalue weighted by Gasteiger charge is 2.31. The normalized spacial score (nSPS) is 14.9. The Hall–Kier alpha value is -2.77. The highest BCUT2D eigenvalue weighted by atomic mass is 19.4. The number of hydrogen-bond acceptors (Lipinski definition) is 4. The van der Waals surface area contributed by atoms with E-state index in [0.717, 1.165) is 24.2 Å². The fourth-order valence-corrected chi connectivity index (χ4v) is 3.09. The van der Waals surface area contributed by atoms with E-state index in [1.807, 2.05) is 36.1 Å². The summed E-state index contributed by atoms with van der Waals surface area (Å²) in [7, 11) is 0. The summed E-state index contributed by atoms with van der Waals surface area (Å²) in [4.78, 5) is 19.9. The minimum Gasteiger partial charge on any atom is -0.483 e. The van der Waals surface area contributed by atoms with Gasteiger partial charge in [-0.15, -0.1) is 0 Å². The Morgan fingerprint density at radius 3 is 2.43 bits per heavy atom. The van der Waals surface area contributed by atoms with Gasteiger partial charge in [0.2, 0.25) is 0 Å². The van der Waals surface area contributed by atoms with Gasteiger partial charge in [0, 0.05) is 32.4 Å². The zero-order chi connectivity index (χ0) is 20.1. The predicted octanol–water partition coefficient (Wildman–Crippen LogP) is 3.39. The van der Waals surface area contributed by atoms with Gasteiger partial charge in [-0.3, -0.25) is 4.79 Å². The van der Waals surface area contributed by atoms with E-state index >= 15 is 0 Å². The number of ether oxygens (including phenoxy) is 1. The lowest BCUT2D eigenvalue weighted by Crippen LogP contribution is -2.50. The van der Waals surface area contributed by atoms with Crippen molar-refractivity contribution in [2.75, 3.05) is 37.7 Å². The molecule has 0 aliphatic carbocycles. The first kappa shape index (κ1) is 20.0. The van der Waals surface area contributed by atoms with Gasteiger partial charge < -0.3 is 14.5 Å². The van der Waals surface area contributed by atoms with Crippen LogP contribution < -0.4 is 9.64 Å². The van der Waals surface area contributed by atoms with Crippen molar-refractivity contribution in [3.05, 3.63) is 53.7 Å². The lowest BCUT2D eigenvalue weighted by atomic mass is 10.1. The van der Waals surface area contributed by atoms with Crippen LogP contribution in [-0.2, 0) is 17.4 Å². The summed E-state index contributed by atoms with van der Waals surface area (Å²) in [5.41, 5.74) is 0.281. The summed E-state index contributed by atoms with van der Waals surface area (Å²) < 4.78 is 43.6. The number of nitrogens with zero attached hydrogens (tertiary/aromatic N) is 3. The van der Waals surface area contributed by atoms with Crippen molar-refractivity contribution in [1.29, 1.82) is 0 Å². The van der Waals surface area contributed by atoms with E-state index < -0.39 is 11.7 Å². The minimum absolute atomic E-state index is 0.0322. The number of halogens is 3.